The van der Waals surface area contributed by atoms with Crippen LogP contribution < -0.4 is 16.8 Å². The Bertz CT molecular complexity index is 1490. The first-order chi connectivity index (χ1) is 16.3. The molecule has 180 valence electrons. The zero-order valence-corrected chi connectivity index (χ0v) is 20.1. The van der Waals surface area contributed by atoms with Gasteiger partial charge in [0, 0.05) is 19.1 Å². The van der Waals surface area contributed by atoms with Gasteiger partial charge in [-0.1, -0.05) is 25.5 Å². The Morgan fingerprint density at radius 3 is 2.44 bits per heavy atom. The molecular weight excluding hydrogens is 434 g/mol. The highest BCUT2D eigenvalue weighted by Crippen LogP contribution is 2.17. The normalized spacial score (nSPS) is 11.9. The van der Waals surface area contributed by atoms with Crippen LogP contribution in [0.2, 0.25) is 0 Å². The van der Waals surface area contributed by atoms with Crippen molar-refractivity contribution in [1.82, 2.24) is 34.0 Å². The standard InChI is InChI=1S/C24H31N7O3/c1-5-7-12-31-21-20(23(33)28-24(31)34)30(6-2)19(27-21)14-29(15(3)4)13-18-25-17-11-9-8-10-16(17)22(32)26-18/h8-11,15H,5-7,12-14H2,1-4H3,(H,25,26,32)(H,28,33,34). The van der Waals surface area contributed by atoms with E-state index >= 15 is 0 Å². The summed E-state index contributed by atoms with van der Waals surface area (Å²) in [4.78, 5) is 54.6. The minimum atomic E-state index is -0.433. The molecule has 34 heavy (non-hydrogen) atoms. The van der Waals surface area contributed by atoms with Gasteiger partial charge < -0.3 is 9.55 Å². The van der Waals surface area contributed by atoms with Crippen LogP contribution in [0.1, 0.15) is 52.2 Å². The van der Waals surface area contributed by atoms with E-state index in [0.717, 1.165) is 12.8 Å². The third kappa shape index (κ3) is 4.45. The lowest BCUT2D eigenvalue weighted by atomic mass is 10.2. The van der Waals surface area contributed by atoms with Gasteiger partial charge in [-0.2, -0.15) is 0 Å². The van der Waals surface area contributed by atoms with E-state index in [-0.39, 0.29) is 11.6 Å². The van der Waals surface area contributed by atoms with E-state index in [0.29, 0.717) is 59.9 Å². The predicted molar refractivity (Wildman–Crippen MR) is 132 cm³/mol. The molecule has 4 rings (SSSR count). The minimum Gasteiger partial charge on any atom is -0.321 e. The van der Waals surface area contributed by atoms with Crippen LogP contribution in [-0.2, 0) is 26.2 Å². The van der Waals surface area contributed by atoms with Crippen LogP contribution in [0.4, 0.5) is 0 Å². The fraction of sp³-hybridized carbons (Fsp3) is 0.458. The van der Waals surface area contributed by atoms with Crippen molar-refractivity contribution in [1.29, 1.82) is 0 Å². The molecule has 4 aromatic rings. The van der Waals surface area contributed by atoms with Gasteiger partial charge in [0.2, 0.25) is 0 Å². The highest BCUT2D eigenvalue weighted by atomic mass is 16.2. The molecule has 0 saturated carbocycles. The number of hydrogen-bond donors (Lipinski definition) is 2. The van der Waals surface area contributed by atoms with E-state index in [1.54, 1.807) is 10.6 Å². The van der Waals surface area contributed by atoms with Crippen molar-refractivity contribution >= 4 is 22.1 Å². The maximum absolute atomic E-state index is 12.7. The number of aromatic amines is 2. The average Bonchev–Trinajstić information content (AvgIpc) is 3.17. The summed E-state index contributed by atoms with van der Waals surface area (Å²) in [5, 5.41) is 0.555. The largest absolute Gasteiger partial charge is 0.330 e. The van der Waals surface area contributed by atoms with Gasteiger partial charge in [0.05, 0.1) is 24.0 Å². The second kappa shape index (κ2) is 9.76. The second-order valence-corrected chi connectivity index (χ2v) is 8.74. The molecule has 0 spiro atoms. The van der Waals surface area contributed by atoms with Gasteiger partial charge >= 0.3 is 5.69 Å². The quantitative estimate of drug-likeness (QED) is 0.391. The Morgan fingerprint density at radius 1 is 0.971 bits per heavy atom. The molecule has 0 saturated heterocycles. The summed E-state index contributed by atoms with van der Waals surface area (Å²) in [7, 11) is 0. The first kappa shape index (κ1) is 23.6. The van der Waals surface area contributed by atoms with Crippen molar-refractivity contribution in [3.8, 4) is 0 Å². The number of aromatic nitrogens is 6. The molecule has 0 bridgehead atoms. The van der Waals surface area contributed by atoms with Crippen LogP contribution >= 0.6 is 0 Å². The fourth-order valence-corrected chi connectivity index (χ4v) is 4.21. The van der Waals surface area contributed by atoms with Crippen molar-refractivity contribution < 1.29 is 0 Å². The van der Waals surface area contributed by atoms with Crippen LogP contribution in [-0.4, -0.2) is 40.0 Å². The molecule has 0 fully saturated rings. The number of H-pyrrole nitrogens is 2. The summed E-state index contributed by atoms with van der Waals surface area (Å²) >= 11 is 0. The summed E-state index contributed by atoms with van der Waals surface area (Å²) in [6.07, 6.45) is 1.74. The molecule has 0 aliphatic heterocycles. The van der Waals surface area contributed by atoms with Crippen molar-refractivity contribution in [3.05, 3.63) is 67.1 Å². The Labute approximate surface area is 196 Å². The van der Waals surface area contributed by atoms with Crippen molar-refractivity contribution in [3.63, 3.8) is 0 Å². The molecule has 0 aliphatic rings. The lowest BCUT2D eigenvalue weighted by molar-refractivity contribution is 0.191. The molecule has 3 aromatic heterocycles. The minimum absolute atomic E-state index is 0.113. The van der Waals surface area contributed by atoms with E-state index in [2.05, 4.69) is 40.6 Å². The van der Waals surface area contributed by atoms with Crippen molar-refractivity contribution in [2.75, 3.05) is 0 Å². The number of fused-ring (bicyclic) bond motifs is 2. The molecule has 2 N–H and O–H groups in total. The highest BCUT2D eigenvalue weighted by molar-refractivity contribution is 5.77. The Balaban J connectivity index is 1.74. The van der Waals surface area contributed by atoms with Crippen LogP contribution in [0, 0.1) is 0 Å². The number of nitrogens with zero attached hydrogens (tertiary/aromatic N) is 5. The van der Waals surface area contributed by atoms with Gasteiger partial charge in [-0.3, -0.25) is 24.0 Å². The van der Waals surface area contributed by atoms with Gasteiger partial charge in [-0.25, -0.2) is 14.8 Å². The number of rotatable bonds is 9. The van der Waals surface area contributed by atoms with E-state index < -0.39 is 11.2 Å². The van der Waals surface area contributed by atoms with Crippen molar-refractivity contribution in [2.45, 2.75) is 72.8 Å². The number of imidazole rings is 1. The van der Waals surface area contributed by atoms with Gasteiger partial charge in [-0.15, -0.1) is 0 Å². The molecule has 0 radical (unpaired) electrons. The lowest BCUT2D eigenvalue weighted by Crippen LogP contribution is -2.33. The average molecular weight is 466 g/mol. The molecule has 0 amide bonds. The molecule has 3 heterocycles. The number of para-hydroxylation sites is 1. The van der Waals surface area contributed by atoms with Gasteiger partial charge in [-0.05, 0) is 39.3 Å². The maximum Gasteiger partial charge on any atom is 0.330 e. The molecule has 10 heteroatoms. The molecule has 0 atom stereocenters. The monoisotopic (exact) mass is 465 g/mol. The highest BCUT2D eigenvalue weighted by Gasteiger charge is 2.21. The van der Waals surface area contributed by atoms with Crippen LogP contribution in [0.3, 0.4) is 0 Å². The smallest absolute Gasteiger partial charge is 0.321 e. The molecule has 1 aromatic carbocycles. The maximum atomic E-state index is 12.7. The fourth-order valence-electron chi connectivity index (χ4n) is 4.21. The van der Waals surface area contributed by atoms with Crippen LogP contribution in [0.25, 0.3) is 22.1 Å². The molecule has 0 aliphatic carbocycles. The predicted octanol–water partition coefficient (Wildman–Crippen LogP) is 2.35. The Kier molecular flexibility index (Phi) is 6.78. The SMILES string of the molecule is CCCCn1c(=O)[nH]c(=O)c2c1nc(CN(Cc1nc3ccccc3c(=O)[nH]1)C(C)C)n2CC. The summed E-state index contributed by atoms with van der Waals surface area (Å²) in [6.45, 7) is 9.99. The van der Waals surface area contributed by atoms with E-state index in [1.807, 2.05) is 29.7 Å². The summed E-state index contributed by atoms with van der Waals surface area (Å²) in [5.41, 5.74) is 0.449. The van der Waals surface area contributed by atoms with Gasteiger partial charge in [0.25, 0.3) is 11.1 Å². The number of aryl methyl sites for hydroxylation is 2. The van der Waals surface area contributed by atoms with Crippen LogP contribution in [0.15, 0.2) is 38.6 Å². The third-order valence-corrected chi connectivity index (χ3v) is 6.11. The van der Waals surface area contributed by atoms with Crippen molar-refractivity contribution in [2.24, 2.45) is 0 Å². The van der Waals surface area contributed by atoms with E-state index in [4.69, 9.17) is 4.98 Å². The first-order valence-electron chi connectivity index (χ1n) is 11.8. The topological polar surface area (TPSA) is 122 Å². The second-order valence-electron chi connectivity index (χ2n) is 8.74. The van der Waals surface area contributed by atoms with Gasteiger partial charge in [0.1, 0.15) is 11.6 Å². The first-order valence-corrected chi connectivity index (χ1v) is 11.8. The lowest BCUT2D eigenvalue weighted by Gasteiger charge is -2.25. The zero-order chi connectivity index (χ0) is 24.4. The number of nitrogens with one attached hydrogen (secondary N) is 2. The molecule has 10 nitrogen and oxygen atoms in total. The van der Waals surface area contributed by atoms with Gasteiger partial charge in [0.15, 0.2) is 11.2 Å². The van der Waals surface area contributed by atoms with E-state index in [9.17, 15) is 14.4 Å². The van der Waals surface area contributed by atoms with Crippen LogP contribution in [0.5, 0.6) is 0 Å². The summed E-state index contributed by atoms with van der Waals surface area (Å²) < 4.78 is 3.42. The molecule has 0 unspecified atom stereocenters. The van der Waals surface area contributed by atoms with E-state index in [1.165, 1.54) is 0 Å². The number of benzene rings is 1. The summed E-state index contributed by atoms with van der Waals surface area (Å²) in [6, 6.07) is 7.37. The third-order valence-electron chi connectivity index (χ3n) is 6.11. The number of unbranched alkanes of at least 4 members (excludes halogenated alkanes) is 1. The molecular formula is C24H31N7O3. The zero-order valence-electron chi connectivity index (χ0n) is 20.1. The Hall–Kier alpha value is -3.53. The Morgan fingerprint density at radius 2 is 1.74 bits per heavy atom. The summed E-state index contributed by atoms with van der Waals surface area (Å²) in [5.74, 6) is 1.25. The number of hydrogen-bond acceptors (Lipinski definition) is 6.